The van der Waals surface area contributed by atoms with Crippen molar-refractivity contribution in [3.05, 3.63) is 41.2 Å². The lowest BCUT2D eigenvalue weighted by atomic mass is 10.1. The molecule has 0 aliphatic rings. The van der Waals surface area contributed by atoms with E-state index in [0.717, 1.165) is 30.4 Å². The molecule has 0 radical (unpaired) electrons. The second-order valence-electron chi connectivity index (χ2n) is 2.71. The van der Waals surface area contributed by atoms with E-state index < -0.39 is 17.8 Å². The van der Waals surface area contributed by atoms with E-state index in [9.17, 15) is 14.0 Å². The Bertz CT molecular complexity index is 437. The standard InChI is InChI=1S/C10H7FO4/c11-8-3-1-7(10(14)15)5-6(8)2-4-9(12)13/h1-5H,(H,12,13)(H,14,15)/b4-2+. The molecule has 0 aliphatic carbocycles. The van der Waals surface area contributed by atoms with Gasteiger partial charge in [0.2, 0.25) is 0 Å². The lowest BCUT2D eigenvalue weighted by molar-refractivity contribution is -0.131. The van der Waals surface area contributed by atoms with Gasteiger partial charge in [-0.05, 0) is 24.3 Å². The zero-order chi connectivity index (χ0) is 11.4. The molecule has 0 spiro atoms. The van der Waals surface area contributed by atoms with Gasteiger partial charge < -0.3 is 10.2 Å². The monoisotopic (exact) mass is 210 g/mol. The van der Waals surface area contributed by atoms with Crippen LogP contribution in [0, 0.1) is 5.82 Å². The number of benzene rings is 1. The molecule has 0 saturated carbocycles. The fourth-order valence-corrected chi connectivity index (χ4v) is 0.966. The van der Waals surface area contributed by atoms with Gasteiger partial charge in [-0.15, -0.1) is 0 Å². The van der Waals surface area contributed by atoms with E-state index in [1.165, 1.54) is 0 Å². The normalized spacial score (nSPS) is 10.5. The molecule has 1 aromatic rings. The van der Waals surface area contributed by atoms with Gasteiger partial charge in [0.25, 0.3) is 0 Å². The van der Waals surface area contributed by atoms with Crippen LogP contribution in [-0.4, -0.2) is 22.2 Å². The van der Waals surface area contributed by atoms with Crippen LogP contribution in [0.1, 0.15) is 15.9 Å². The van der Waals surface area contributed by atoms with E-state index >= 15 is 0 Å². The van der Waals surface area contributed by atoms with Crippen molar-refractivity contribution >= 4 is 18.0 Å². The number of carboxylic acids is 2. The zero-order valence-corrected chi connectivity index (χ0v) is 7.48. The summed E-state index contributed by atoms with van der Waals surface area (Å²) in [5, 5.41) is 16.9. The van der Waals surface area contributed by atoms with Gasteiger partial charge in [0.1, 0.15) is 5.82 Å². The molecule has 0 saturated heterocycles. The summed E-state index contributed by atoms with van der Waals surface area (Å²) in [5.41, 5.74) is -0.168. The van der Waals surface area contributed by atoms with Crippen LogP contribution >= 0.6 is 0 Å². The average molecular weight is 210 g/mol. The quantitative estimate of drug-likeness (QED) is 0.743. The number of hydrogen-bond donors (Lipinski definition) is 2. The second-order valence-corrected chi connectivity index (χ2v) is 2.71. The summed E-state index contributed by atoms with van der Waals surface area (Å²) in [5.74, 6) is -3.09. The summed E-state index contributed by atoms with van der Waals surface area (Å²) in [7, 11) is 0. The molecule has 0 atom stereocenters. The maximum absolute atomic E-state index is 13.0. The largest absolute Gasteiger partial charge is 0.478 e. The van der Waals surface area contributed by atoms with Crippen molar-refractivity contribution in [1.82, 2.24) is 0 Å². The van der Waals surface area contributed by atoms with Gasteiger partial charge >= 0.3 is 11.9 Å². The fourth-order valence-electron chi connectivity index (χ4n) is 0.966. The van der Waals surface area contributed by atoms with Crippen molar-refractivity contribution in [3.63, 3.8) is 0 Å². The molecule has 1 rings (SSSR count). The molecule has 0 heterocycles. The molecule has 2 N–H and O–H groups in total. The highest BCUT2D eigenvalue weighted by Crippen LogP contribution is 2.12. The Hall–Kier alpha value is -2.17. The van der Waals surface area contributed by atoms with Gasteiger partial charge in [-0.2, -0.15) is 0 Å². The van der Waals surface area contributed by atoms with Crippen molar-refractivity contribution in [2.45, 2.75) is 0 Å². The number of hydrogen-bond acceptors (Lipinski definition) is 2. The number of rotatable bonds is 3. The highest BCUT2D eigenvalue weighted by atomic mass is 19.1. The van der Waals surface area contributed by atoms with Gasteiger partial charge in [0.15, 0.2) is 0 Å². The molecule has 0 fully saturated rings. The fraction of sp³-hybridized carbons (Fsp3) is 0. The van der Waals surface area contributed by atoms with Gasteiger partial charge in [0.05, 0.1) is 5.56 Å². The van der Waals surface area contributed by atoms with E-state index in [-0.39, 0.29) is 11.1 Å². The Morgan fingerprint density at radius 3 is 2.47 bits per heavy atom. The highest BCUT2D eigenvalue weighted by Gasteiger charge is 2.06. The van der Waals surface area contributed by atoms with Gasteiger partial charge in [-0.25, -0.2) is 14.0 Å². The molecule has 0 aromatic heterocycles. The first-order valence-corrected chi connectivity index (χ1v) is 3.94. The Morgan fingerprint density at radius 1 is 1.27 bits per heavy atom. The van der Waals surface area contributed by atoms with E-state index in [1.807, 2.05) is 0 Å². The van der Waals surface area contributed by atoms with Crippen molar-refractivity contribution < 1.29 is 24.2 Å². The van der Waals surface area contributed by atoms with Crippen LogP contribution in [-0.2, 0) is 4.79 Å². The molecular weight excluding hydrogens is 203 g/mol. The first-order chi connectivity index (χ1) is 7.00. The van der Waals surface area contributed by atoms with Crippen LogP contribution in [0.3, 0.4) is 0 Å². The lowest BCUT2D eigenvalue weighted by Crippen LogP contribution is -1.97. The van der Waals surface area contributed by atoms with E-state index in [0.29, 0.717) is 0 Å². The van der Waals surface area contributed by atoms with Crippen LogP contribution in [0.15, 0.2) is 24.3 Å². The molecule has 5 heteroatoms. The maximum Gasteiger partial charge on any atom is 0.335 e. The molecule has 0 bridgehead atoms. The van der Waals surface area contributed by atoms with Gasteiger partial charge in [-0.3, -0.25) is 0 Å². The van der Waals surface area contributed by atoms with E-state index in [4.69, 9.17) is 10.2 Å². The van der Waals surface area contributed by atoms with Crippen LogP contribution in [0.4, 0.5) is 4.39 Å². The Labute approximate surface area is 84.3 Å². The Balaban J connectivity index is 3.11. The molecule has 4 nitrogen and oxygen atoms in total. The van der Waals surface area contributed by atoms with Crippen molar-refractivity contribution in [2.75, 3.05) is 0 Å². The third-order valence-electron chi connectivity index (χ3n) is 1.65. The Morgan fingerprint density at radius 2 is 1.93 bits per heavy atom. The summed E-state index contributed by atoms with van der Waals surface area (Å²) < 4.78 is 13.0. The highest BCUT2D eigenvalue weighted by molar-refractivity contribution is 5.89. The lowest BCUT2D eigenvalue weighted by Gasteiger charge is -1.98. The van der Waals surface area contributed by atoms with Crippen LogP contribution in [0.5, 0.6) is 0 Å². The zero-order valence-electron chi connectivity index (χ0n) is 7.48. The van der Waals surface area contributed by atoms with Crippen LogP contribution in [0.25, 0.3) is 6.08 Å². The third kappa shape index (κ3) is 2.91. The number of carboxylic acid groups (broad SMARTS) is 2. The van der Waals surface area contributed by atoms with Crippen LogP contribution in [0.2, 0.25) is 0 Å². The van der Waals surface area contributed by atoms with E-state index in [2.05, 4.69) is 0 Å². The minimum atomic E-state index is -1.23. The Kier molecular flexibility index (Phi) is 3.17. The van der Waals surface area contributed by atoms with Gasteiger partial charge in [0, 0.05) is 11.6 Å². The predicted molar refractivity (Wildman–Crippen MR) is 50.0 cm³/mol. The summed E-state index contributed by atoms with van der Waals surface area (Å²) >= 11 is 0. The molecule has 0 amide bonds. The summed E-state index contributed by atoms with van der Waals surface area (Å²) in [6, 6.07) is 3.15. The average Bonchev–Trinajstić information content (AvgIpc) is 2.16. The third-order valence-corrected chi connectivity index (χ3v) is 1.65. The van der Waals surface area contributed by atoms with Gasteiger partial charge in [-0.1, -0.05) is 0 Å². The summed E-state index contributed by atoms with van der Waals surface area (Å²) in [4.78, 5) is 20.7. The summed E-state index contributed by atoms with van der Waals surface area (Å²) in [6.45, 7) is 0. The molecule has 0 aliphatic heterocycles. The number of carbonyl (C=O) groups is 2. The SMILES string of the molecule is O=C(O)/C=C/c1cc(C(=O)O)ccc1F. The first-order valence-electron chi connectivity index (χ1n) is 3.94. The van der Waals surface area contributed by atoms with Crippen molar-refractivity contribution in [1.29, 1.82) is 0 Å². The minimum Gasteiger partial charge on any atom is -0.478 e. The molecule has 15 heavy (non-hydrogen) atoms. The number of halogens is 1. The molecule has 0 unspecified atom stereocenters. The second kappa shape index (κ2) is 4.36. The minimum absolute atomic E-state index is 0.0719. The number of aliphatic carboxylic acids is 1. The van der Waals surface area contributed by atoms with Crippen molar-refractivity contribution in [2.24, 2.45) is 0 Å². The number of aromatic carboxylic acids is 1. The smallest absolute Gasteiger partial charge is 0.335 e. The molecular formula is C10H7FO4. The van der Waals surface area contributed by atoms with Crippen molar-refractivity contribution in [3.8, 4) is 0 Å². The van der Waals surface area contributed by atoms with E-state index in [1.54, 1.807) is 0 Å². The predicted octanol–water partition coefficient (Wildman–Crippen LogP) is 1.62. The summed E-state index contributed by atoms with van der Waals surface area (Å²) in [6.07, 6.45) is 1.74. The topological polar surface area (TPSA) is 74.6 Å². The maximum atomic E-state index is 13.0. The molecule has 1 aromatic carbocycles. The first kappa shape index (κ1) is 10.9. The van der Waals surface area contributed by atoms with Crippen LogP contribution < -0.4 is 0 Å². The molecule has 78 valence electrons.